The standard InChI is InChI=1S/C14H11Br2I/c15-11-7-5-10(6-8-11)9-13(16)12-3-1-2-4-14(12)17/h1-8,13H,9H2. The molecular weight excluding hydrogens is 455 g/mol. The number of hydrogen-bond donors (Lipinski definition) is 0. The SMILES string of the molecule is Brc1ccc(CC(Br)c2ccccc2I)cc1. The molecule has 0 spiro atoms. The predicted molar refractivity (Wildman–Crippen MR) is 88.7 cm³/mol. The van der Waals surface area contributed by atoms with Gasteiger partial charge in [-0.05, 0) is 58.3 Å². The van der Waals surface area contributed by atoms with Gasteiger partial charge in [-0.25, -0.2) is 0 Å². The molecular formula is C14H11Br2I. The Labute approximate surface area is 132 Å². The molecule has 0 aromatic heterocycles. The van der Waals surface area contributed by atoms with Crippen LogP contribution in [0.3, 0.4) is 0 Å². The van der Waals surface area contributed by atoms with Crippen LogP contribution in [0.25, 0.3) is 0 Å². The Morgan fingerprint density at radius 3 is 2.29 bits per heavy atom. The van der Waals surface area contributed by atoms with Crippen molar-refractivity contribution in [1.82, 2.24) is 0 Å². The highest BCUT2D eigenvalue weighted by molar-refractivity contribution is 14.1. The van der Waals surface area contributed by atoms with Crippen LogP contribution in [0.1, 0.15) is 16.0 Å². The molecule has 1 unspecified atom stereocenters. The maximum absolute atomic E-state index is 3.78. The number of alkyl halides is 1. The summed E-state index contributed by atoms with van der Waals surface area (Å²) in [5.41, 5.74) is 2.70. The van der Waals surface area contributed by atoms with Crippen LogP contribution in [0.15, 0.2) is 53.0 Å². The van der Waals surface area contributed by atoms with Gasteiger partial charge in [0.05, 0.1) is 0 Å². The van der Waals surface area contributed by atoms with Gasteiger partial charge in [-0.1, -0.05) is 62.2 Å². The molecule has 17 heavy (non-hydrogen) atoms. The minimum atomic E-state index is 0.372. The number of benzene rings is 2. The number of rotatable bonds is 3. The van der Waals surface area contributed by atoms with E-state index < -0.39 is 0 Å². The van der Waals surface area contributed by atoms with Crippen LogP contribution in [0, 0.1) is 3.57 Å². The Bertz CT molecular complexity index is 494. The number of halogens is 3. The van der Waals surface area contributed by atoms with Gasteiger partial charge in [-0.3, -0.25) is 0 Å². The minimum Gasteiger partial charge on any atom is -0.0835 e. The number of hydrogen-bond acceptors (Lipinski definition) is 0. The van der Waals surface area contributed by atoms with Gasteiger partial charge < -0.3 is 0 Å². The second-order valence-electron chi connectivity index (χ2n) is 3.82. The third-order valence-corrected chi connectivity index (χ3v) is 4.90. The second-order valence-corrected chi connectivity index (χ2v) is 7.00. The molecule has 3 heteroatoms. The van der Waals surface area contributed by atoms with Gasteiger partial charge >= 0.3 is 0 Å². The van der Waals surface area contributed by atoms with Crippen LogP contribution < -0.4 is 0 Å². The molecule has 0 fully saturated rings. The van der Waals surface area contributed by atoms with Crippen LogP contribution in [-0.2, 0) is 6.42 Å². The van der Waals surface area contributed by atoms with E-state index in [1.54, 1.807) is 0 Å². The largest absolute Gasteiger partial charge is 0.0835 e. The first kappa shape index (κ1) is 13.6. The summed E-state index contributed by atoms with van der Waals surface area (Å²) in [6, 6.07) is 17.0. The lowest BCUT2D eigenvalue weighted by atomic mass is 10.0. The summed E-state index contributed by atoms with van der Waals surface area (Å²) in [7, 11) is 0. The van der Waals surface area contributed by atoms with Crippen molar-refractivity contribution < 1.29 is 0 Å². The Balaban J connectivity index is 2.14. The molecule has 0 nitrogen and oxygen atoms in total. The molecule has 0 N–H and O–H groups in total. The third kappa shape index (κ3) is 3.80. The van der Waals surface area contributed by atoms with Gasteiger partial charge in [0.1, 0.15) is 0 Å². The second kappa shape index (κ2) is 6.34. The average molecular weight is 466 g/mol. The van der Waals surface area contributed by atoms with Crippen molar-refractivity contribution in [2.75, 3.05) is 0 Å². The molecule has 0 saturated heterocycles. The molecule has 0 radical (unpaired) electrons. The van der Waals surface area contributed by atoms with Crippen molar-refractivity contribution in [3.05, 3.63) is 67.7 Å². The van der Waals surface area contributed by atoms with Gasteiger partial charge in [-0.15, -0.1) is 0 Å². The third-order valence-electron chi connectivity index (χ3n) is 2.57. The zero-order valence-electron chi connectivity index (χ0n) is 9.04. The van der Waals surface area contributed by atoms with Gasteiger partial charge in [0.25, 0.3) is 0 Å². The average Bonchev–Trinajstić information content (AvgIpc) is 2.32. The highest BCUT2D eigenvalue weighted by Gasteiger charge is 2.11. The summed E-state index contributed by atoms with van der Waals surface area (Å²) >= 11 is 9.62. The monoisotopic (exact) mass is 464 g/mol. The van der Waals surface area contributed by atoms with E-state index in [2.05, 4.69) is 103 Å². The Kier molecular flexibility index (Phi) is 5.06. The maximum Gasteiger partial charge on any atom is 0.0446 e. The fourth-order valence-corrected chi connectivity index (χ4v) is 3.90. The van der Waals surface area contributed by atoms with Gasteiger partial charge in [0, 0.05) is 12.9 Å². The highest BCUT2D eigenvalue weighted by Crippen LogP contribution is 2.30. The van der Waals surface area contributed by atoms with Crippen molar-refractivity contribution in [2.45, 2.75) is 11.2 Å². The van der Waals surface area contributed by atoms with Crippen LogP contribution in [0.5, 0.6) is 0 Å². The van der Waals surface area contributed by atoms with E-state index in [4.69, 9.17) is 0 Å². The summed E-state index contributed by atoms with van der Waals surface area (Å²) in [5, 5.41) is 0. The van der Waals surface area contributed by atoms with Crippen molar-refractivity contribution in [1.29, 1.82) is 0 Å². The van der Waals surface area contributed by atoms with Crippen LogP contribution in [0.2, 0.25) is 0 Å². The molecule has 2 aromatic carbocycles. The summed E-state index contributed by atoms with van der Waals surface area (Å²) in [6.07, 6.45) is 1.01. The molecule has 0 aliphatic rings. The summed E-state index contributed by atoms with van der Waals surface area (Å²) in [5.74, 6) is 0. The first-order chi connectivity index (χ1) is 8.16. The van der Waals surface area contributed by atoms with Gasteiger partial charge in [0.15, 0.2) is 0 Å². The quantitative estimate of drug-likeness (QED) is 0.401. The Hall–Kier alpha value is 0.130. The normalized spacial score (nSPS) is 12.4. The van der Waals surface area contributed by atoms with E-state index in [1.807, 2.05) is 0 Å². The zero-order chi connectivity index (χ0) is 12.3. The Morgan fingerprint density at radius 2 is 1.65 bits per heavy atom. The van der Waals surface area contributed by atoms with Gasteiger partial charge in [-0.2, -0.15) is 0 Å². The molecule has 0 saturated carbocycles. The van der Waals surface area contributed by atoms with E-state index in [0.717, 1.165) is 10.9 Å². The van der Waals surface area contributed by atoms with E-state index in [-0.39, 0.29) is 0 Å². The summed E-state index contributed by atoms with van der Waals surface area (Å²) < 4.78 is 2.44. The van der Waals surface area contributed by atoms with E-state index in [0.29, 0.717) is 4.83 Å². The van der Waals surface area contributed by atoms with Crippen molar-refractivity contribution >= 4 is 54.5 Å². The lowest BCUT2D eigenvalue weighted by Crippen LogP contribution is -1.97. The lowest BCUT2D eigenvalue weighted by Gasteiger charge is -2.12. The molecule has 2 aromatic rings. The van der Waals surface area contributed by atoms with Crippen molar-refractivity contribution in [3.63, 3.8) is 0 Å². The molecule has 0 aliphatic carbocycles. The molecule has 1 atom stereocenters. The van der Waals surface area contributed by atoms with Crippen molar-refractivity contribution in [3.8, 4) is 0 Å². The summed E-state index contributed by atoms with van der Waals surface area (Å²) in [4.78, 5) is 0.372. The van der Waals surface area contributed by atoms with Crippen LogP contribution >= 0.6 is 54.5 Å². The zero-order valence-corrected chi connectivity index (χ0v) is 14.4. The van der Waals surface area contributed by atoms with Crippen molar-refractivity contribution in [2.24, 2.45) is 0 Å². The smallest absolute Gasteiger partial charge is 0.0446 e. The van der Waals surface area contributed by atoms with E-state index in [9.17, 15) is 0 Å². The molecule has 0 bridgehead atoms. The van der Waals surface area contributed by atoms with Gasteiger partial charge in [0.2, 0.25) is 0 Å². The summed E-state index contributed by atoms with van der Waals surface area (Å²) in [6.45, 7) is 0. The fraction of sp³-hybridized carbons (Fsp3) is 0.143. The minimum absolute atomic E-state index is 0.372. The first-order valence-corrected chi connectivity index (χ1v) is 8.08. The molecule has 0 amide bonds. The fourth-order valence-electron chi connectivity index (χ4n) is 1.67. The molecule has 0 aliphatic heterocycles. The first-order valence-electron chi connectivity index (χ1n) is 5.30. The molecule has 88 valence electrons. The molecule has 0 heterocycles. The van der Waals surface area contributed by atoms with Crippen LogP contribution in [-0.4, -0.2) is 0 Å². The maximum atomic E-state index is 3.78. The van der Waals surface area contributed by atoms with E-state index >= 15 is 0 Å². The Morgan fingerprint density at radius 1 is 1.00 bits per heavy atom. The highest BCUT2D eigenvalue weighted by atomic mass is 127. The molecule has 2 rings (SSSR count). The predicted octanol–water partition coefficient (Wildman–Crippen LogP) is 5.73. The van der Waals surface area contributed by atoms with E-state index in [1.165, 1.54) is 14.7 Å². The topological polar surface area (TPSA) is 0 Å². The lowest BCUT2D eigenvalue weighted by molar-refractivity contribution is 0.942. The van der Waals surface area contributed by atoms with Crippen LogP contribution in [0.4, 0.5) is 0 Å².